The molecule has 1 saturated heterocycles. The molecule has 0 saturated carbocycles. The van der Waals surface area contributed by atoms with E-state index in [-0.39, 0.29) is 13.1 Å². The van der Waals surface area contributed by atoms with E-state index in [1.54, 1.807) is 0 Å². The number of rotatable bonds is 5. The Bertz CT molecular complexity index is 250. The highest BCUT2D eigenvalue weighted by molar-refractivity contribution is 7.87. The minimum absolute atomic E-state index is 0.0185. The van der Waals surface area contributed by atoms with Crippen LogP contribution in [0.3, 0.4) is 0 Å². The Hall–Kier alpha value is -0.210. The molecule has 1 fully saturated rings. The third-order valence-corrected chi connectivity index (χ3v) is 3.50. The van der Waals surface area contributed by atoms with Crippen molar-refractivity contribution < 1.29 is 13.5 Å². The lowest BCUT2D eigenvalue weighted by atomic mass is 10.3. The Kier molecular flexibility index (Phi) is 3.63. The van der Waals surface area contributed by atoms with Crippen molar-refractivity contribution in [1.82, 2.24) is 9.03 Å². The second kappa shape index (κ2) is 4.34. The first-order valence-electron chi connectivity index (χ1n) is 4.19. The van der Waals surface area contributed by atoms with Crippen LogP contribution in [0, 0.1) is 0 Å². The van der Waals surface area contributed by atoms with Gasteiger partial charge < -0.3 is 10.8 Å². The zero-order chi connectivity index (χ0) is 9.90. The van der Waals surface area contributed by atoms with E-state index in [9.17, 15) is 8.42 Å². The molecule has 6 nitrogen and oxygen atoms in total. The summed E-state index contributed by atoms with van der Waals surface area (Å²) < 4.78 is 26.2. The monoisotopic (exact) mass is 209 g/mol. The van der Waals surface area contributed by atoms with Crippen LogP contribution in [0.5, 0.6) is 0 Å². The fraction of sp³-hybridized carbons (Fsp3) is 1.00. The lowest BCUT2D eigenvalue weighted by Crippen LogP contribution is -2.50. The average molecular weight is 209 g/mol. The molecule has 1 heterocycles. The van der Waals surface area contributed by atoms with Crippen LogP contribution < -0.4 is 10.5 Å². The number of hydrogen-bond acceptors (Lipinski definition) is 4. The van der Waals surface area contributed by atoms with Crippen LogP contribution in [0.4, 0.5) is 0 Å². The predicted molar refractivity (Wildman–Crippen MR) is 48.2 cm³/mol. The van der Waals surface area contributed by atoms with Crippen molar-refractivity contribution in [3.63, 3.8) is 0 Å². The molecule has 0 aliphatic carbocycles. The summed E-state index contributed by atoms with van der Waals surface area (Å²) >= 11 is 0. The van der Waals surface area contributed by atoms with E-state index in [4.69, 9.17) is 10.8 Å². The van der Waals surface area contributed by atoms with Crippen LogP contribution in [0.15, 0.2) is 0 Å². The van der Waals surface area contributed by atoms with Gasteiger partial charge in [0.15, 0.2) is 0 Å². The molecular formula is C6H15N3O3S. The van der Waals surface area contributed by atoms with E-state index in [1.165, 1.54) is 4.31 Å². The van der Waals surface area contributed by atoms with Crippen LogP contribution >= 0.6 is 0 Å². The molecule has 0 radical (unpaired) electrons. The number of aliphatic hydroxyl groups is 1. The fourth-order valence-electron chi connectivity index (χ4n) is 0.904. The molecule has 0 aromatic rings. The lowest BCUT2D eigenvalue weighted by molar-refractivity contribution is 0.185. The maximum atomic E-state index is 11.3. The number of hydrogen-bond donors (Lipinski definition) is 3. The third kappa shape index (κ3) is 2.89. The first kappa shape index (κ1) is 10.9. The van der Waals surface area contributed by atoms with E-state index in [0.29, 0.717) is 13.1 Å². The van der Waals surface area contributed by atoms with Gasteiger partial charge in [0.2, 0.25) is 0 Å². The molecule has 1 rings (SSSR count). The SMILES string of the molecule is NCC(O)CNS(=O)(=O)N1CCC1. The van der Waals surface area contributed by atoms with E-state index >= 15 is 0 Å². The van der Waals surface area contributed by atoms with Gasteiger partial charge in [0.1, 0.15) is 0 Å². The summed E-state index contributed by atoms with van der Waals surface area (Å²) in [7, 11) is -3.36. The Morgan fingerprint density at radius 1 is 1.54 bits per heavy atom. The van der Waals surface area contributed by atoms with Gasteiger partial charge in [-0.2, -0.15) is 17.4 Å². The van der Waals surface area contributed by atoms with Crippen LogP contribution in [0.2, 0.25) is 0 Å². The molecule has 7 heteroatoms. The number of aliphatic hydroxyl groups excluding tert-OH is 1. The van der Waals surface area contributed by atoms with Gasteiger partial charge in [0, 0.05) is 26.2 Å². The number of nitrogens with one attached hydrogen (secondary N) is 1. The second-order valence-corrected chi connectivity index (χ2v) is 4.75. The summed E-state index contributed by atoms with van der Waals surface area (Å²) in [5.41, 5.74) is 5.13. The molecule has 0 aromatic heterocycles. The van der Waals surface area contributed by atoms with E-state index in [0.717, 1.165) is 6.42 Å². The summed E-state index contributed by atoms with van der Waals surface area (Å²) in [4.78, 5) is 0. The van der Waals surface area contributed by atoms with Crippen molar-refractivity contribution in [3.8, 4) is 0 Å². The van der Waals surface area contributed by atoms with Crippen LogP contribution in [0.25, 0.3) is 0 Å². The first-order valence-corrected chi connectivity index (χ1v) is 5.63. The first-order chi connectivity index (χ1) is 6.06. The Morgan fingerprint density at radius 2 is 2.15 bits per heavy atom. The van der Waals surface area contributed by atoms with E-state index in [1.807, 2.05) is 0 Å². The maximum absolute atomic E-state index is 11.3. The molecule has 0 amide bonds. The minimum Gasteiger partial charge on any atom is -0.390 e. The zero-order valence-electron chi connectivity index (χ0n) is 7.31. The number of nitrogens with zero attached hydrogens (tertiary/aromatic N) is 1. The Labute approximate surface area is 77.9 Å². The molecule has 0 bridgehead atoms. The van der Waals surface area contributed by atoms with E-state index < -0.39 is 16.3 Å². The molecule has 1 unspecified atom stereocenters. The maximum Gasteiger partial charge on any atom is 0.279 e. The second-order valence-electron chi connectivity index (χ2n) is 3.00. The summed E-state index contributed by atoms with van der Waals surface area (Å²) in [6, 6.07) is 0. The Morgan fingerprint density at radius 3 is 2.54 bits per heavy atom. The molecule has 78 valence electrons. The highest BCUT2D eigenvalue weighted by Gasteiger charge is 2.27. The van der Waals surface area contributed by atoms with Crippen molar-refractivity contribution in [2.45, 2.75) is 12.5 Å². The lowest BCUT2D eigenvalue weighted by Gasteiger charge is -2.29. The predicted octanol–water partition coefficient (Wildman–Crippen LogP) is -2.15. The molecule has 1 aliphatic heterocycles. The van der Waals surface area contributed by atoms with Crippen molar-refractivity contribution in [3.05, 3.63) is 0 Å². The largest absolute Gasteiger partial charge is 0.390 e. The Balaban J connectivity index is 2.34. The quantitative estimate of drug-likeness (QED) is 0.481. The molecule has 4 N–H and O–H groups in total. The average Bonchev–Trinajstić information content (AvgIpc) is 1.96. The molecule has 1 aliphatic rings. The number of nitrogens with two attached hydrogens (primary N) is 1. The third-order valence-electron chi connectivity index (χ3n) is 1.93. The van der Waals surface area contributed by atoms with Crippen LogP contribution in [-0.2, 0) is 10.2 Å². The molecule has 0 aromatic carbocycles. The van der Waals surface area contributed by atoms with Gasteiger partial charge in [-0.25, -0.2) is 0 Å². The van der Waals surface area contributed by atoms with Gasteiger partial charge in [-0.05, 0) is 6.42 Å². The van der Waals surface area contributed by atoms with Crippen molar-refractivity contribution in [2.24, 2.45) is 5.73 Å². The highest BCUT2D eigenvalue weighted by atomic mass is 32.2. The van der Waals surface area contributed by atoms with Crippen molar-refractivity contribution in [1.29, 1.82) is 0 Å². The van der Waals surface area contributed by atoms with Crippen molar-refractivity contribution >= 4 is 10.2 Å². The van der Waals surface area contributed by atoms with Gasteiger partial charge in [-0.15, -0.1) is 0 Å². The summed E-state index contributed by atoms with van der Waals surface area (Å²) in [6.45, 7) is 1.17. The van der Waals surface area contributed by atoms with Gasteiger partial charge in [-0.1, -0.05) is 0 Å². The highest BCUT2D eigenvalue weighted by Crippen LogP contribution is 2.09. The zero-order valence-corrected chi connectivity index (χ0v) is 8.13. The van der Waals surface area contributed by atoms with Gasteiger partial charge in [0.25, 0.3) is 10.2 Å². The van der Waals surface area contributed by atoms with Gasteiger partial charge in [-0.3, -0.25) is 0 Å². The molecular weight excluding hydrogens is 194 g/mol. The standard InChI is InChI=1S/C6H15N3O3S/c7-4-6(10)5-8-13(11,12)9-2-1-3-9/h6,8,10H,1-5,7H2. The van der Waals surface area contributed by atoms with E-state index in [2.05, 4.69) is 4.72 Å². The summed E-state index contributed by atoms with van der Waals surface area (Å²) in [5, 5.41) is 9.02. The molecule has 1 atom stereocenters. The van der Waals surface area contributed by atoms with Crippen molar-refractivity contribution in [2.75, 3.05) is 26.2 Å². The fourth-order valence-corrected chi connectivity index (χ4v) is 2.23. The van der Waals surface area contributed by atoms with Crippen LogP contribution in [-0.4, -0.2) is 50.1 Å². The normalized spacial score (nSPS) is 21.1. The van der Waals surface area contributed by atoms with Crippen LogP contribution in [0.1, 0.15) is 6.42 Å². The summed E-state index contributed by atoms with van der Waals surface area (Å²) in [5.74, 6) is 0. The smallest absolute Gasteiger partial charge is 0.279 e. The van der Waals surface area contributed by atoms with Gasteiger partial charge in [0.05, 0.1) is 6.10 Å². The summed E-state index contributed by atoms with van der Waals surface area (Å²) in [6.07, 6.45) is 0.0939. The topological polar surface area (TPSA) is 95.7 Å². The molecule has 0 spiro atoms. The molecule has 13 heavy (non-hydrogen) atoms. The van der Waals surface area contributed by atoms with Gasteiger partial charge >= 0.3 is 0 Å². The minimum atomic E-state index is -3.36.